The lowest BCUT2D eigenvalue weighted by atomic mass is 9.85. The van der Waals surface area contributed by atoms with E-state index in [-0.39, 0.29) is 6.10 Å². The largest absolute Gasteiger partial charge is 0.387 e. The highest BCUT2D eigenvalue weighted by molar-refractivity contribution is 5.32. The molecule has 1 saturated carbocycles. The number of fused-ring (bicyclic) bond motifs is 1. The molecule has 2 nitrogen and oxygen atoms in total. The zero-order chi connectivity index (χ0) is 11.1. The van der Waals surface area contributed by atoms with Crippen LogP contribution in [0.3, 0.4) is 0 Å². The van der Waals surface area contributed by atoms with Crippen molar-refractivity contribution < 1.29 is 5.11 Å². The number of likely N-dealkylation sites (N-methyl/N-ethyl adjacent to an activating group) is 1. The van der Waals surface area contributed by atoms with Crippen molar-refractivity contribution in [3.63, 3.8) is 0 Å². The molecule has 1 aromatic carbocycles. The van der Waals surface area contributed by atoms with E-state index in [0.29, 0.717) is 6.04 Å². The molecule has 0 bridgehead atoms. The molecule has 0 radical (unpaired) electrons. The number of nitrogens with zero attached hydrogens (tertiary/aromatic N) is 1. The molecule has 0 heterocycles. The second kappa shape index (κ2) is 3.86. The fraction of sp³-hybridized carbons (Fsp3) is 0.571. The molecule has 1 fully saturated rings. The van der Waals surface area contributed by atoms with Gasteiger partial charge in [0.25, 0.3) is 0 Å². The van der Waals surface area contributed by atoms with Gasteiger partial charge in [0.15, 0.2) is 0 Å². The smallest absolute Gasteiger partial charge is 0.0947 e. The normalized spacial score (nSPS) is 29.2. The molecule has 2 heteroatoms. The van der Waals surface area contributed by atoms with E-state index in [4.69, 9.17) is 0 Å². The Bertz CT molecular complexity index is 386. The van der Waals surface area contributed by atoms with Gasteiger partial charge in [-0.05, 0) is 43.9 Å². The third-order valence-electron chi connectivity index (χ3n) is 4.09. The van der Waals surface area contributed by atoms with Crippen LogP contribution in [0.1, 0.15) is 36.5 Å². The van der Waals surface area contributed by atoms with Crippen LogP contribution in [0.5, 0.6) is 0 Å². The molecule has 86 valence electrons. The van der Waals surface area contributed by atoms with Crippen molar-refractivity contribution in [2.45, 2.75) is 43.9 Å². The average Bonchev–Trinajstić information content (AvgIpc) is 3.13. The summed E-state index contributed by atoms with van der Waals surface area (Å²) in [7, 11) is 2.17. The summed E-state index contributed by atoms with van der Waals surface area (Å²) in [5.41, 5.74) is 2.47. The van der Waals surface area contributed by atoms with E-state index in [1.165, 1.54) is 18.4 Å². The van der Waals surface area contributed by atoms with E-state index >= 15 is 0 Å². The van der Waals surface area contributed by atoms with Crippen molar-refractivity contribution in [2.75, 3.05) is 7.05 Å². The van der Waals surface area contributed by atoms with Gasteiger partial charge in [0.1, 0.15) is 0 Å². The quantitative estimate of drug-likeness (QED) is 0.820. The van der Waals surface area contributed by atoms with Gasteiger partial charge in [-0.3, -0.25) is 4.90 Å². The predicted octanol–water partition coefficient (Wildman–Crippen LogP) is 2.13. The SMILES string of the molecule is CN(C1CC1)C1CCc2ccccc2C1O. The third kappa shape index (κ3) is 1.66. The standard InChI is InChI=1S/C14H19NO/c1-15(11-7-8-11)13-9-6-10-4-2-3-5-12(10)14(13)16/h2-5,11,13-14,16H,6-9H2,1H3. The molecule has 2 unspecified atom stereocenters. The van der Waals surface area contributed by atoms with E-state index in [2.05, 4.69) is 30.1 Å². The predicted molar refractivity (Wildman–Crippen MR) is 64.3 cm³/mol. The minimum absolute atomic E-state index is 0.296. The van der Waals surface area contributed by atoms with Gasteiger partial charge in [-0.2, -0.15) is 0 Å². The van der Waals surface area contributed by atoms with Gasteiger partial charge in [-0.25, -0.2) is 0 Å². The van der Waals surface area contributed by atoms with Gasteiger partial charge in [0.2, 0.25) is 0 Å². The van der Waals surface area contributed by atoms with Crippen molar-refractivity contribution in [2.24, 2.45) is 0 Å². The zero-order valence-electron chi connectivity index (χ0n) is 9.76. The summed E-state index contributed by atoms with van der Waals surface area (Å²) < 4.78 is 0. The fourth-order valence-corrected chi connectivity index (χ4v) is 2.90. The van der Waals surface area contributed by atoms with Crippen LogP contribution in [0.2, 0.25) is 0 Å². The summed E-state index contributed by atoms with van der Waals surface area (Å²) in [6, 6.07) is 9.36. The Kier molecular flexibility index (Phi) is 2.49. The minimum Gasteiger partial charge on any atom is -0.387 e. The van der Waals surface area contributed by atoms with E-state index in [1.54, 1.807) is 0 Å². The summed E-state index contributed by atoms with van der Waals surface area (Å²) in [5.74, 6) is 0. The molecule has 1 N–H and O–H groups in total. The lowest BCUT2D eigenvalue weighted by molar-refractivity contribution is 0.0459. The van der Waals surface area contributed by atoms with E-state index in [0.717, 1.165) is 24.4 Å². The summed E-state index contributed by atoms with van der Waals surface area (Å²) >= 11 is 0. The molecule has 2 aliphatic rings. The van der Waals surface area contributed by atoms with Crippen LogP contribution >= 0.6 is 0 Å². The summed E-state index contributed by atoms with van der Waals surface area (Å²) in [5, 5.41) is 10.4. The molecule has 0 aromatic heterocycles. The first-order valence-corrected chi connectivity index (χ1v) is 6.25. The number of aliphatic hydroxyl groups is 1. The second-order valence-electron chi connectivity index (χ2n) is 5.15. The van der Waals surface area contributed by atoms with Crippen LogP contribution in [-0.2, 0) is 6.42 Å². The van der Waals surface area contributed by atoms with Gasteiger partial charge in [-0.15, -0.1) is 0 Å². The Labute approximate surface area is 96.9 Å². The van der Waals surface area contributed by atoms with Gasteiger partial charge in [0, 0.05) is 12.1 Å². The van der Waals surface area contributed by atoms with Crippen LogP contribution in [0.4, 0.5) is 0 Å². The van der Waals surface area contributed by atoms with Crippen LogP contribution in [0.25, 0.3) is 0 Å². The number of benzene rings is 1. The van der Waals surface area contributed by atoms with E-state index in [9.17, 15) is 5.11 Å². The lowest BCUT2D eigenvalue weighted by Gasteiger charge is -2.36. The maximum absolute atomic E-state index is 10.4. The topological polar surface area (TPSA) is 23.5 Å². The molecule has 0 aliphatic heterocycles. The van der Waals surface area contributed by atoms with Gasteiger partial charge < -0.3 is 5.11 Å². The maximum atomic E-state index is 10.4. The molecular formula is C14H19NO. The van der Waals surface area contributed by atoms with Gasteiger partial charge in [-0.1, -0.05) is 24.3 Å². The zero-order valence-corrected chi connectivity index (χ0v) is 9.76. The number of hydrogen-bond donors (Lipinski definition) is 1. The van der Waals surface area contributed by atoms with Gasteiger partial charge in [0.05, 0.1) is 6.10 Å². The van der Waals surface area contributed by atoms with Crippen molar-refractivity contribution in [3.05, 3.63) is 35.4 Å². The monoisotopic (exact) mass is 217 g/mol. The minimum atomic E-state index is -0.296. The Morgan fingerprint density at radius 1 is 1.19 bits per heavy atom. The number of aryl methyl sites for hydroxylation is 1. The van der Waals surface area contributed by atoms with E-state index in [1.807, 2.05) is 6.07 Å². The van der Waals surface area contributed by atoms with Crippen LogP contribution < -0.4 is 0 Å². The number of rotatable bonds is 2. The number of hydrogen-bond acceptors (Lipinski definition) is 2. The summed E-state index contributed by atoms with van der Waals surface area (Å²) in [6.45, 7) is 0. The first-order valence-electron chi connectivity index (χ1n) is 6.25. The molecule has 0 saturated heterocycles. The van der Waals surface area contributed by atoms with Crippen molar-refractivity contribution in [1.82, 2.24) is 4.90 Å². The van der Waals surface area contributed by atoms with Crippen LogP contribution in [0, 0.1) is 0 Å². The summed E-state index contributed by atoms with van der Waals surface area (Å²) in [6.07, 6.45) is 4.51. The maximum Gasteiger partial charge on any atom is 0.0947 e. The highest BCUT2D eigenvalue weighted by Crippen LogP contribution is 2.37. The lowest BCUT2D eigenvalue weighted by Crippen LogP contribution is -2.41. The molecule has 2 aliphatic carbocycles. The summed E-state index contributed by atoms with van der Waals surface area (Å²) in [4.78, 5) is 2.39. The first-order chi connectivity index (χ1) is 7.77. The Morgan fingerprint density at radius 2 is 1.94 bits per heavy atom. The van der Waals surface area contributed by atoms with Crippen molar-refractivity contribution >= 4 is 0 Å². The molecule has 16 heavy (non-hydrogen) atoms. The van der Waals surface area contributed by atoms with E-state index < -0.39 is 0 Å². The Balaban J connectivity index is 1.85. The van der Waals surface area contributed by atoms with Crippen LogP contribution in [0.15, 0.2) is 24.3 Å². The molecule has 0 amide bonds. The number of aliphatic hydroxyl groups excluding tert-OH is 1. The van der Waals surface area contributed by atoms with Crippen LogP contribution in [-0.4, -0.2) is 29.1 Å². The fourth-order valence-electron chi connectivity index (χ4n) is 2.90. The Morgan fingerprint density at radius 3 is 2.69 bits per heavy atom. The highest BCUT2D eigenvalue weighted by atomic mass is 16.3. The second-order valence-corrected chi connectivity index (χ2v) is 5.15. The van der Waals surface area contributed by atoms with Crippen molar-refractivity contribution in [3.8, 4) is 0 Å². The van der Waals surface area contributed by atoms with Gasteiger partial charge >= 0.3 is 0 Å². The molecule has 0 spiro atoms. The molecule has 1 aromatic rings. The Hall–Kier alpha value is -0.860. The third-order valence-corrected chi connectivity index (χ3v) is 4.09. The molecule has 2 atom stereocenters. The average molecular weight is 217 g/mol. The highest BCUT2D eigenvalue weighted by Gasteiger charge is 2.37. The molecule has 3 rings (SSSR count). The van der Waals surface area contributed by atoms with Crippen molar-refractivity contribution in [1.29, 1.82) is 0 Å². The molecular weight excluding hydrogens is 198 g/mol. The first kappa shape index (κ1) is 10.3.